The van der Waals surface area contributed by atoms with Crippen LogP contribution in [-0.4, -0.2) is 11.2 Å². The standard InChI is InChI=1S/C15H17N3/c1-11-5-3-4-6-14(11)10-17-8-13-7-12(2)15(16)18-9-13/h3-7,9-10H,8H2,1-2H3,(H2,16,18). The first-order valence-corrected chi connectivity index (χ1v) is 5.93. The van der Waals surface area contributed by atoms with Crippen LogP contribution in [0.2, 0.25) is 0 Å². The molecule has 0 atom stereocenters. The number of aromatic nitrogens is 1. The highest BCUT2D eigenvalue weighted by Gasteiger charge is 1.97. The van der Waals surface area contributed by atoms with E-state index in [-0.39, 0.29) is 0 Å². The Morgan fingerprint density at radius 1 is 1.22 bits per heavy atom. The number of aryl methyl sites for hydroxylation is 2. The SMILES string of the molecule is Cc1ccccc1C=NCc1cnc(N)c(C)c1. The molecule has 0 fully saturated rings. The van der Waals surface area contributed by atoms with Gasteiger partial charge in [-0.1, -0.05) is 24.3 Å². The van der Waals surface area contributed by atoms with Crippen molar-refractivity contribution >= 4 is 12.0 Å². The lowest BCUT2D eigenvalue weighted by Gasteiger charge is -2.02. The van der Waals surface area contributed by atoms with E-state index < -0.39 is 0 Å². The van der Waals surface area contributed by atoms with E-state index in [0.717, 1.165) is 16.7 Å². The van der Waals surface area contributed by atoms with Gasteiger partial charge in [0, 0.05) is 12.4 Å². The second-order valence-electron chi connectivity index (χ2n) is 4.37. The van der Waals surface area contributed by atoms with Gasteiger partial charge in [0.2, 0.25) is 0 Å². The molecule has 1 aromatic carbocycles. The fraction of sp³-hybridized carbons (Fsp3) is 0.200. The van der Waals surface area contributed by atoms with Gasteiger partial charge in [-0.3, -0.25) is 4.99 Å². The van der Waals surface area contributed by atoms with Crippen LogP contribution in [0.4, 0.5) is 5.82 Å². The molecule has 0 unspecified atom stereocenters. The second-order valence-corrected chi connectivity index (χ2v) is 4.37. The molecule has 0 saturated heterocycles. The number of benzene rings is 1. The van der Waals surface area contributed by atoms with Crippen molar-refractivity contribution in [2.75, 3.05) is 5.73 Å². The third kappa shape index (κ3) is 2.94. The Bertz CT molecular complexity index is 574. The summed E-state index contributed by atoms with van der Waals surface area (Å²) in [5.41, 5.74) is 10.1. The molecule has 2 N–H and O–H groups in total. The number of pyridine rings is 1. The Kier molecular flexibility index (Phi) is 3.72. The molecular weight excluding hydrogens is 222 g/mol. The van der Waals surface area contributed by atoms with E-state index >= 15 is 0 Å². The maximum absolute atomic E-state index is 5.68. The van der Waals surface area contributed by atoms with Crippen LogP contribution in [0.1, 0.15) is 22.3 Å². The molecule has 1 aromatic heterocycles. The molecule has 3 heteroatoms. The predicted molar refractivity (Wildman–Crippen MR) is 75.9 cm³/mol. The van der Waals surface area contributed by atoms with Crippen molar-refractivity contribution in [2.24, 2.45) is 4.99 Å². The summed E-state index contributed by atoms with van der Waals surface area (Å²) in [5, 5.41) is 0. The number of hydrogen-bond donors (Lipinski definition) is 1. The number of hydrogen-bond acceptors (Lipinski definition) is 3. The fourth-order valence-corrected chi connectivity index (χ4v) is 1.71. The quantitative estimate of drug-likeness (QED) is 0.837. The van der Waals surface area contributed by atoms with Gasteiger partial charge in [0.15, 0.2) is 0 Å². The fourth-order valence-electron chi connectivity index (χ4n) is 1.71. The summed E-state index contributed by atoms with van der Waals surface area (Å²) in [6.07, 6.45) is 3.68. The van der Waals surface area contributed by atoms with Crippen LogP contribution < -0.4 is 5.73 Å². The average Bonchev–Trinajstić information content (AvgIpc) is 2.36. The van der Waals surface area contributed by atoms with Crippen molar-refractivity contribution in [3.8, 4) is 0 Å². The lowest BCUT2D eigenvalue weighted by Crippen LogP contribution is -1.95. The first-order valence-electron chi connectivity index (χ1n) is 5.93. The number of aliphatic imine (C=N–C) groups is 1. The third-order valence-electron chi connectivity index (χ3n) is 2.87. The zero-order valence-corrected chi connectivity index (χ0v) is 10.7. The van der Waals surface area contributed by atoms with Gasteiger partial charge in [0.1, 0.15) is 5.82 Å². The van der Waals surface area contributed by atoms with E-state index in [1.165, 1.54) is 5.56 Å². The van der Waals surface area contributed by atoms with Gasteiger partial charge >= 0.3 is 0 Å². The minimum atomic E-state index is 0.585. The zero-order valence-electron chi connectivity index (χ0n) is 10.7. The van der Waals surface area contributed by atoms with Crippen molar-refractivity contribution < 1.29 is 0 Å². The Morgan fingerprint density at radius 2 is 2.00 bits per heavy atom. The maximum atomic E-state index is 5.68. The normalized spacial score (nSPS) is 11.0. The van der Waals surface area contributed by atoms with Crippen LogP contribution in [0.5, 0.6) is 0 Å². The summed E-state index contributed by atoms with van der Waals surface area (Å²) >= 11 is 0. The Balaban J connectivity index is 2.07. The zero-order chi connectivity index (χ0) is 13.0. The highest BCUT2D eigenvalue weighted by Crippen LogP contribution is 2.10. The molecule has 2 rings (SSSR count). The highest BCUT2D eigenvalue weighted by atomic mass is 14.8. The number of nitrogens with two attached hydrogens (primary N) is 1. The molecule has 1 heterocycles. The molecule has 0 aliphatic heterocycles. The van der Waals surface area contributed by atoms with Gasteiger partial charge in [-0.25, -0.2) is 4.98 Å². The first kappa shape index (κ1) is 12.3. The molecule has 0 aliphatic rings. The Hall–Kier alpha value is -2.16. The highest BCUT2D eigenvalue weighted by molar-refractivity contribution is 5.81. The van der Waals surface area contributed by atoms with Gasteiger partial charge in [-0.15, -0.1) is 0 Å². The number of nitrogens with zero attached hydrogens (tertiary/aromatic N) is 2. The number of rotatable bonds is 3. The lowest BCUT2D eigenvalue weighted by molar-refractivity contribution is 1.05. The molecule has 0 spiro atoms. The molecular formula is C15H17N3. The van der Waals surface area contributed by atoms with Crippen LogP contribution in [0.3, 0.4) is 0 Å². The van der Waals surface area contributed by atoms with E-state index in [0.29, 0.717) is 12.4 Å². The molecule has 0 radical (unpaired) electrons. The predicted octanol–water partition coefficient (Wildman–Crippen LogP) is 2.90. The van der Waals surface area contributed by atoms with Crippen molar-refractivity contribution in [3.63, 3.8) is 0 Å². The monoisotopic (exact) mass is 239 g/mol. The van der Waals surface area contributed by atoms with Gasteiger partial charge in [0.05, 0.1) is 6.54 Å². The first-order chi connectivity index (χ1) is 8.66. The summed E-state index contributed by atoms with van der Waals surface area (Å²) in [6, 6.07) is 10.2. The summed E-state index contributed by atoms with van der Waals surface area (Å²) in [7, 11) is 0. The molecule has 0 bridgehead atoms. The van der Waals surface area contributed by atoms with Crippen LogP contribution in [0.25, 0.3) is 0 Å². The maximum Gasteiger partial charge on any atom is 0.126 e. The van der Waals surface area contributed by atoms with Gasteiger partial charge in [0.25, 0.3) is 0 Å². The molecule has 2 aromatic rings. The van der Waals surface area contributed by atoms with Crippen molar-refractivity contribution in [1.29, 1.82) is 0 Å². The third-order valence-corrected chi connectivity index (χ3v) is 2.87. The minimum Gasteiger partial charge on any atom is -0.383 e. The van der Waals surface area contributed by atoms with Crippen LogP contribution in [-0.2, 0) is 6.54 Å². The minimum absolute atomic E-state index is 0.585. The van der Waals surface area contributed by atoms with Crippen LogP contribution in [0, 0.1) is 13.8 Å². The molecule has 0 amide bonds. The van der Waals surface area contributed by atoms with Crippen LogP contribution in [0.15, 0.2) is 41.5 Å². The van der Waals surface area contributed by atoms with E-state index in [2.05, 4.69) is 29.0 Å². The van der Waals surface area contributed by atoms with E-state index in [4.69, 9.17) is 5.73 Å². The smallest absolute Gasteiger partial charge is 0.126 e. The van der Waals surface area contributed by atoms with Gasteiger partial charge in [-0.05, 0) is 42.2 Å². The molecule has 18 heavy (non-hydrogen) atoms. The second kappa shape index (κ2) is 5.45. The van der Waals surface area contributed by atoms with Crippen LogP contribution >= 0.6 is 0 Å². The van der Waals surface area contributed by atoms with Crippen molar-refractivity contribution in [3.05, 3.63) is 58.8 Å². The summed E-state index contributed by atoms with van der Waals surface area (Å²) in [5.74, 6) is 0.585. The molecule has 0 saturated carbocycles. The lowest BCUT2D eigenvalue weighted by atomic mass is 10.1. The van der Waals surface area contributed by atoms with E-state index in [9.17, 15) is 0 Å². The molecule has 3 nitrogen and oxygen atoms in total. The Morgan fingerprint density at radius 3 is 2.72 bits per heavy atom. The summed E-state index contributed by atoms with van der Waals surface area (Å²) in [6.45, 7) is 4.66. The average molecular weight is 239 g/mol. The van der Waals surface area contributed by atoms with Crippen molar-refractivity contribution in [2.45, 2.75) is 20.4 Å². The molecule has 0 aliphatic carbocycles. The summed E-state index contributed by atoms with van der Waals surface area (Å²) in [4.78, 5) is 8.56. The van der Waals surface area contributed by atoms with Crippen molar-refractivity contribution in [1.82, 2.24) is 4.98 Å². The van der Waals surface area contributed by atoms with Gasteiger partial charge < -0.3 is 5.73 Å². The van der Waals surface area contributed by atoms with E-state index in [1.807, 2.05) is 31.3 Å². The molecule has 92 valence electrons. The number of anilines is 1. The largest absolute Gasteiger partial charge is 0.383 e. The Labute approximate surface area is 107 Å². The van der Waals surface area contributed by atoms with Gasteiger partial charge in [-0.2, -0.15) is 0 Å². The van der Waals surface area contributed by atoms with E-state index in [1.54, 1.807) is 6.20 Å². The number of nitrogen functional groups attached to an aromatic ring is 1. The topological polar surface area (TPSA) is 51.3 Å². The summed E-state index contributed by atoms with van der Waals surface area (Å²) < 4.78 is 0.